The molecular weight excluding hydrogens is 416 g/mol. The molecule has 1 aliphatic heterocycles. The average molecular weight is 445 g/mol. The van der Waals surface area contributed by atoms with Crippen LogP contribution < -0.4 is 0 Å². The van der Waals surface area contributed by atoms with Crippen molar-refractivity contribution in [2.75, 3.05) is 32.7 Å². The summed E-state index contributed by atoms with van der Waals surface area (Å²) in [5.74, 6) is 0.143. The number of nitrogens with zero attached hydrogens (tertiary/aromatic N) is 4. The lowest BCUT2D eigenvalue weighted by Crippen LogP contribution is -2.48. The number of aromatic nitrogens is 2. The second-order valence-electron chi connectivity index (χ2n) is 8.48. The van der Waals surface area contributed by atoms with Crippen LogP contribution in [-0.4, -0.2) is 58.2 Å². The molecule has 3 heterocycles. The van der Waals surface area contributed by atoms with Crippen LogP contribution in [0.15, 0.2) is 60.7 Å². The number of aryl methyl sites for hydroxylation is 2. The predicted octanol–water partition coefficient (Wildman–Crippen LogP) is 4.70. The van der Waals surface area contributed by atoms with Crippen LogP contribution in [0.5, 0.6) is 0 Å². The molecule has 0 aliphatic carbocycles. The van der Waals surface area contributed by atoms with Crippen molar-refractivity contribution in [3.63, 3.8) is 0 Å². The van der Waals surface area contributed by atoms with Crippen molar-refractivity contribution in [2.24, 2.45) is 0 Å². The van der Waals surface area contributed by atoms with Gasteiger partial charge in [-0.25, -0.2) is 4.68 Å². The molecule has 0 atom stereocenters. The maximum atomic E-state index is 13.3. The van der Waals surface area contributed by atoms with Crippen LogP contribution in [0.3, 0.4) is 0 Å². The number of para-hydroxylation sites is 1. The molecule has 0 unspecified atom stereocenters. The minimum Gasteiger partial charge on any atom is -0.335 e. The number of benzene rings is 2. The zero-order valence-electron chi connectivity index (χ0n) is 18.6. The Bertz CT molecular complexity index is 1240. The second kappa shape index (κ2) is 8.88. The Morgan fingerprint density at radius 3 is 2.44 bits per heavy atom. The number of rotatable bonds is 5. The fourth-order valence-corrected chi connectivity index (χ4v) is 5.52. The van der Waals surface area contributed by atoms with Crippen LogP contribution in [0.1, 0.15) is 26.5 Å². The van der Waals surface area contributed by atoms with E-state index in [2.05, 4.69) is 54.3 Å². The summed E-state index contributed by atoms with van der Waals surface area (Å²) in [5.41, 5.74) is 4.57. The molecule has 1 aliphatic rings. The normalized spacial score (nSPS) is 14.9. The van der Waals surface area contributed by atoms with E-state index in [1.807, 2.05) is 34.7 Å². The van der Waals surface area contributed by atoms with Crippen LogP contribution in [0.4, 0.5) is 0 Å². The third kappa shape index (κ3) is 4.08. The second-order valence-corrected chi connectivity index (χ2v) is 9.51. The van der Waals surface area contributed by atoms with Gasteiger partial charge in [0, 0.05) is 38.1 Å². The molecule has 5 nitrogen and oxygen atoms in total. The molecule has 1 fully saturated rings. The van der Waals surface area contributed by atoms with Crippen molar-refractivity contribution in [1.29, 1.82) is 0 Å². The van der Waals surface area contributed by atoms with Crippen molar-refractivity contribution in [3.8, 4) is 5.69 Å². The van der Waals surface area contributed by atoms with Crippen LogP contribution >= 0.6 is 11.3 Å². The van der Waals surface area contributed by atoms with Crippen LogP contribution in [-0.2, 0) is 6.42 Å². The van der Waals surface area contributed by atoms with Crippen molar-refractivity contribution in [1.82, 2.24) is 19.6 Å². The van der Waals surface area contributed by atoms with Crippen molar-refractivity contribution >= 4 is 27.5 Å². The summed E-state index contributed by atoms with van der Waals surface area (Å²) in [4.78, 5) is 19.6. The first-order valence-corrected chi connectivity index (χ1v) is 12.0. The highest BCUT2D eigenvalue weighted by Gasteiger charge is 2.25. The fraction of sp³-hybridized carbons (Fsp3) is 0.308. The summed E-state index contributed by atoms with van der Waals surface area (Å²) < 4.78 is 1.99. The van der Waals surface area contributed by atoms with Gasteiger partial charge in [0.1, 0.15) is 4.83 Å². The number of amides is 1. The number of piperazine rings is 1. The van der Waals surface area contributed by atoms with Crippen molar-refractivity contribution in [3.05, 3.63) is 82.4 Å². The van der Waals surface area contributed by atoms with Crippen molar-refractivity contribution < 1.29 is 4.79 Å². The summed E-state index contributed by atoms with van der Waals surface area (Å²) in [6.45, 7) is 8.58. The quantitative estimate of drug-likeness (QED) is 0.448. The Hall–Kier alpha value is -2.96. The van der Waals surface area contributed by atoms with Gasteiger partial charge >= 0.3 is 0 Å². The third-order valence-corrected chi connectivity index (χ3v) is 7.42. The fourth-order valence-electron chi connectivity index (χ4n) is 4.38. The monoisotopic (exact) mass is 444 g/mol. The van der Waals surface area contributed by atoms with E-state index >= 15 is 0 Å². The summed E-state index contributed by atoms with van der Waals surface area (Å²) in [6.07, 6.45) is 1.06. The van der Waals surface area contributed by atoms with Crippen molar-refractivity contribution in [2.45, 2.75) is 20.3 Å². The van der Waals surface area contributed by atoms with E-state index in [0.29, 0.717) is 0 Å². The predicted molar refractivity (Wildman–Crippen MR) is 131 cm³/mol. The molecule has 0 radical (unpaired) electrons. The molecule has 0 spiro atoms. The maximum Gasteiger partial charge on any atom is 0.264 e. The summed E-state index contributed by atoms with van der Waals surface area (Å²) in [5, 5.41) is 5.82. The molecule has 2 aromatic carbocycles. The molecule has 2 aromatic heterocycles. The first-order valence-electron chi connectivity index (χ1n) is 11.2. The lowest BCUT2D eigenvalue weighted by atomic mass is 10.1. The summed E-state index contributed by atoms with van der Waals surface area (Å²) in [6, 6.07) is 20.9. The third-order valence-electron chi connectivity index (χ3n) is 6.32. The average Bonchev–Trinajstić information content (AvgIpc) is 3.39. The highest BCUT2D eigenvalue weighted by atomic mass is 32.1. The molecule has 1 amide bonds. The molecule has 1 saturated heterocycles. The number of fused-ring (bicyclic) bond motifs is 1. The number of carbonyl (C=O) groups is 1. The van der Waals surface area contributed by atoms with E-state index in [4.69, 9.17) is 5.10 Å². The minimum atomic E-state index is 0.143. The van der Waals surface area contributed by atoms with E-state index in [1.165, 1.54) is 11.1 Å². The van der Waals surface area contributed by atoms with Gasteiger partial charge in [0.15, 0.2) is 0 Å². The molecule has 6 heteroatoms. The number of hydrogen-bond acceptors (Lipinski definition) is 4. The number of thiophene rings is 1. The van der Waals surface area contributed by atoms with Gasteiger partial charge in [0.25, 0.3) is 5.91 Å². The Morgan fingerprint density at radius 2 is 1.69 bits per heavy atom. The topological polar surface area (TPSA) is 41.4 Å². The van der Waals surface area contributed by atoms with Gasteiger partial charge in [0.05, 0.1) is 16.3 Å². The molecule has 0 saturated carbocycles. The lowest BCUT2D eigenvalue weighted by molar-refractivity contribution is 0.0643. The molecule has 0 N–H and O–H groups in total. The van der Waals surface area contributed by atoms with Gasteiger partial charge in [-0.1, -0.05) is 48.5 Å². The zero-order valence-corrected chi connectivity index (χ0v) is 19.4. The summed E-state index contributed by atoms with van der Waals surface area (Å²) in [7, 11) is 0. The standard InChI is InChI=1S/C26H28N4OS/c1-19-8-6-7-11-23(19)30-26-22(20(2)27-30)18-24(32-26)25(31)29-16-14-28(15-17-29)13-12-21-9-4-3-5-10-21/h3-11,18H,12-17H2,1-2H3. The highest BCUT2D eigenvalue weighted by Crippen LogP contribution is 2.32. The van der Waals surface area contributed by atoms with E-state index in [-0.39, 0.29) is 5.91 Å². The Kier molecular flexibility index (Phi) is 5.81. The summed E-state index contributed by atoms with van der Waals surface area (Å²) >= 11 is 1.55. The van der Waals surface area contributed by atoms with E-state index in [0.717, 1.165) is 65.6 Å². The van der Waals surface area contributed by atoms with Crippen LogP contribution in [0, 0.1) is 13.8 Å². The number of carbonyl (C=O) groups excluding carboxylic acids is 1. The molecule has 164 valence electrons. The lowest BCUT2D eigenvalue weighted by Gasteiger charge is -2.34. The Labute approximate surface area is 192 Å². The van der Waals surface area contributed by atoms with E-state index < -0.39 is 0 Å². The van der Waals surface area contributed by atoms with E-state index in [9.17, 15) is 4.79 Å². The van der Waals surface area contributed by atoms with Gasteiger partial charge < -0.3 is 4.90 Å². The van der Waals surface area contributed by atoms with Gasteiger partial charge in [-0.05, 0) is 43.5 Å². The molecule has 4 aromatic rings. The molecule has 5 rings (SSSR count). The minimum absolute atomic E-state index is 0.143. The van der Waals surface area contributed by atoms with Crippen LogP contribution in [0.25, 0.3) is 15.9 Å². The highest BCUT2D eigenvalue weighted by molar-refractivity contribution is 7.20. The Balaban J connectivity index is 1.28. The SMILES string of the molecule is Cc1ccccc1-n1nc(C)c2cc(C(=O)N3CCN(CCc4ccccc4)CC3)sc21. The zero-order chi connectivity index (χ0) is 22.1. The molecular formula is C26H28N4OS. The maximum absolute atomic E-state index is 13.3. The number of hydrogen-bond donors (Lipinski definition) is 0. The van der Waals surface area contributed by atoms with Gasteiger partial charge in [-0.2, -0.15) is 5.10 Å². The van der Waals surface area contributed by atoms with Gasteiger partial charge in [0.2, 0.25) is 0 Å². The van der Waals surface area contributed by atoms with Gasteiger partial charge in [-0.3, -0.25) is 9.69 Å². The smallest absolute Gasteiger partial charge is 0.264 e. The Morgan fingerprint density at radius 1 is 0.969 bits per heavy atom. The first-order chi connectivity index (χ1) is 15.6. The molecule has 0 bridgehead atoms. The molecule has 32 heavy (non-hydrogen) atoms. The van der Waals surface area contributed by atoms with Gasteiger partial charge in [-0.15, -0.1) is 11.3 Å². The first kappa shape index (κ1) is 20.9. The largest absolute Gasteiger partial charge is 0.335 e. The van der Waals surface area contributed by atoms with E-state index in [1.54, 1.807) is 11.3 Å². The van der Waals surface area contributed by atoms with Crippen LogP contribution in [0.2, 0.25) is 0 Å².